The number of nitrogens with one attached hydrogen (secondary N) is 1. The Morgan fingerprint density at radius 1 is 0.868 bits per heavy atom. The second-order valence-corrected chi connectivity index (χ2v) is 9.97. The highest BCUT2D eigenvalue weighted by atomic mass is 16.5. The summed E-state index contributed by atoms with van der Waals surface area (Å²) in [7, 11) is 0. The summed E-state index contributed by atoms with van der Waals surface area (Å²) in [5.41, 5.74) is 5.72. The van der Waals surface area contributed by atoms with E-state index in [1.54, 1.807) is 4.90 Å². The van der Waals surface area contributed by atoms with Crippen molar-refractivity contribution >= 4 is 18.0 Å². The number of amides is 2. The molecule has 1 heterocycles. The van der Waals surface area contributed by atoms with E-state index in [1.807, 2.05) is 54.6 Å². The SMILES string of the molecule is O=C(O)CC[C@H](NC(=O)OCC1c2ccccc2-c2ccccc21)C(=O)N1CCC(c2ccccc2)CC1. The van der Waals surface area contributed by atoms with Gasteiger partial charge < -0.3 is 20.1 Å². The Morgan fingerprint density at radius 2 is 1.45 bits per heavy atom. The summed E-state index contributed by atoms with van der Waals surface area (Å²) < 4.78 is 5.62. The minimum absolute atomic E-state index is 0.0109. The molecule has 0 unspecified atom stereocenters. The normalized spacial score (nSPS) is 15.8. The van der Waals surface area contributed by atoms with Crippen molar-refractivity contribution in [3.05, 3.63) is 95.6 Å². The van der Waals surface area contributed by atoms with Crippen molar-refractivity contribution in [1.82, 2.24) is 10.2 Å². The molecule has 0 spiro atoms. The van der Waals surface area contributed by atoms with Gasteiger partial charge in [0.15, 0.2) is 0 Å². The first kappa shape index (κ1) is 25.5. The Labute approximate surface area is 222 Å². The van der Waals surface area contributed by atoms with Gasteiger partial charge in [-0.25, -0.2) is 4.79 Å². The van der Waals surface area contributed by atoms with Gasteiger partial charge in [0.2, 0.25) is 5.91 Å². The zero-order valence-electron chi connectivity index (χ0n) is 21.2. The number of likely N-dealkylation sites (tertiary alicyclic amines) is 1. The Kier molecular flexibility index (Phi) is 7.73. The number of benzene rings is 3. The van der Waals surface area contributed by atoms with E-state index in [2.05, 4.69) is 29.6 Å². The van der Waals surface area contributed by atoms with Gasteiger partial charge in [-0.1, -0.05) is 78.9 Å². The molecule has 0 bridgehead atoms. The van der Waals surface area contributed by atoms with Gasteiger partial charge in [-0.15, -0.1) is 0 Å². The first-order chi connectivity index (χ1) is 18.5. The maximum Gasteiger partial charge on any atom is 0.407 e. The van der Waals surface area contributed by atoms with E-state index in [-0.39, 0.29) is 31.3 Å². The van der Waals surface area contributed by atoms with Crippen molar-refractivity contribution in [3.63, 3.8) is 0 Å². The topological polar surface area (TPSA) is 95.9 Å². The molecule has 2 N–H and O–H groups in total. The van der Waals surface area contributed by atoms with Crippen LogP contribution in [0.25, 0.3) is 11.1 Å². The van der Waals surface area contributed by atoms with Crippen LogP contribution in [0.2, 0.25) is 0 Å². The highest BCUT2D eigenvalue weighted by Gasteiger charge is 2.32. The largest absolute Gasteiger partial charge is 0.481 e. The lowest BCUT2D eigenvalue weighted by atomic mass is 9.89. The van der Waals surface area contributed by atoms with Crippen molar-refractivity contribution in [2.24, 2.45) is 0 Å². The number of ether oxygens (including phenoxy) is 1. The molecule has 1 fully saturated rings. The van der Waals surface area contributed by atoms with E-state index in [0.29, 0.717) is 19.0 Å². The fourth-order valence-electron chi connectivity index (χ4n) is 5.69. The quantitative estimate of drug-likeness (QED) is 0.434. The number of fused-ring (bicyclic) bond motifs is 3. The molecule has 5 rings (SSSR count). The molecule has 3 aromatic rings. The second-order valence-electron chi connectivity index (χ2n) is 9.97. The van der Waals surface area contributed by atoms with Gasteiger partial charge in [-0.2, -0.15) is 0 Å². The standard InChI is InChI=1S/C31H32N2O5/c34-29(35)15-14-28(30(36)33-18-16-22(17-19-33)21-8-2-1-3-9-21)32-31(37)38-20-27-25-12-6-4-10-23(25)24-11-5-7-13-26(24)27/h1-13,22,27-28H,14-20H2,(H,32,37)(H,34,35)/t28-/m0/s1. The van der Waals surface area contributed by atoms with E-state index in [1.165, 1.54) is 5.56 Å². The van der Waals surface area contributed by atoms with E-state index in [9.17, 15) is 19.5 Å². The van der Waals surface area contributed by atoms with Crippen LogP contribution in [0.3, 0.4) is 0 Å². The molecule has 196 valence electrons. The van der Waals surface area contributed by atoms with Crippen LogP contribution in [0.15, 0.2) is 78.9 Å². The number of carbonyl (C=O) groups excluding carboxylic acids is 2. The zero-order chi connectivity index (χ0) is 26.5. The second kappa shape index (κ2) is 11.5. The smallest absolute Gasteiger partial charge is 0.407 e. The van der Waals surface area contributed by atoms with Crippen molar-refractivity contribution < 1.29 is 24.2 Å². The zero-order valence-corrected chi connectivity index (χ0v) is 21.2. The predicted molar refractivity (Wildman–Crippen MR) is 144 cm³/mol. The summed E-state index contributed by atoms with van der Waals surface area (Å²) >= 11 is 0. The number of alkyl carbamates (subject to hydrolysis) is 1. The first-order valence-corrected chi connectivity index (χ1v) is 13.2. The summed E-state index contributed by atoms with van der Waals surface area (Å²) in [4.78, 5) is 39.2. The van der Waals surface area contributed by atoms with Crippen LogP contribution in [0.1, 0.15) is 54.2 Å². The molecule has 0 radical (unpaired) electrons. The van der Waals surface area contributed by atoms with Crippen molar-refractivity contribution in [3.8, 4) is 11.1 Å². The maximum absolute atomic E-state index is 13.3. The fourth-order valence-corrected chi connectivity index (χ4v) is 5.69. The third-order valence-electron chi connectivity index (χ3n) is 7.66. The first-order valence-electron chi connectivity index (χ1n) is 13.2. The molecule has 2 amide bonds. The Balaban J connectivity index is 1.21. The number of aliphatic carboxylic acids is 1. The van der Waals surface area contributed by atoms with Crippen LogP contribution in [0.5, 0.6) is 0 Å². The summed E-state index contributed by atoms with van der Waals surface area (Å²) in [5, 5.41) is 11.9. The van der Waals surface area contributed by atoms with Gasteiger partial charge >= 0.3 is 12.1 Å². The lowest BCUT2D eigenvalue weighted by molar-refractivity contribution is -0.138. The molecule has 1 aliphatic carbocycles. The lowest BCUT2D eigenvalue weighted by Crippen LogP contribution is -2.51. The molecular formula is C31H32N2O5. The fraction of sp³-hybridized carbons (Fsp3) is 0.323. The molecule has 0 saturated carbocycles. The van der Waals surface area contributed by atoms with Crippen molar-refractivity contribution in [2.75, 3.05) is 19.7 Å². The molecule has 1 aliphatic heterocycles. The van der Waals surface area contributed by atoms with Gasteiger partial charge in [0.1, 0.15) is 12.6 Å². The highest BCUT2D eigenvalue weighted by molar-refractivity contribution is 5.86. The monoisotopic (exact) mass is 512 g/mol. The van der Waals surface area contributed by atoms with Gasteiger partial charge in [0, 0.05) is 25.4 Å². The summed E-state index contributed by atoms with van der Waals surface area (Å²) in [6.07, 6.45) is 0.728. The van der Waals surface area contributed by atoms with Crippen molar-refractivity contribution in [2.45, 2.75) is 43.6 Å². The molecular weight excluding hydrogens is 480 g/mol. The van der Waals surface area contributed by atoms with Gasteiger partial charge in [0.05, 0.1) is 0 Å². The number of nitrogens with zero attached hydrogens (tertiary/aromatic N) is 1. The molecule has 2 aliphatic rings. The van der Waals surface area contributed by atoms with Crippen LogP contribution < -0.4 is 5.32 Å². The minimum atomic E-state index is -1.01. The van der Waals surface area contributed by atoms with Gasteiger partial charge in [-0.3, -0.25) is 9.59 Å². The molecule has 1 atom stereocenters. The Morgan fingerprint density at radius 3 is 2.05 bits per heavy atom. The number of hydrogen-bond donors (Lipinski definition) is 2. The Bertz CT molecular complexity index is 1250. The molecule has 7 nitrogen and oxygen atoms in total. The number of piperidine rings is 1. The number of carbonyl (C=O) groups is 3. The van der Waals surface area contributed by atoms with Crippen molar-refractivity contribution in [1.29, 1.82) is 0 Å². The molecule has 0 aromatic heterocycles. The molecule has 38 heavy (non-hydrogen) atoms. The van der Waals surface area contributed by atoms with E-state index in [4.69, 9.17) is 4.74 Å². The maximum atomic E-state index is 13.3. The Hall–Kier alpha value is -4.13. The number of rotatable bonds is 8. The number of carboxylic acid groups (broad SMARTS) is 1. The number of hydrogen-bond acceptors (Lipinski definition) is 4. The van der Waals surface area contributed by atoms with Gasteiger partial charge in [-0.05, 0) is 53.0 Å². The highest BCUT2D eigenvalue weighted by Crippen LogP contribution is 2.44. The summed E-state index contributed by atoms with van der Waals surface area (Å²) in [5.74, 6) is -0.989. The van der Waals surface area contributed by atoms with Gasteiger partial charge in [0.25, 0.3) is 0 Å². The third kappa shape index (κ3) is 5.57. The summed E-state index contributed by atoms with van der Waals surface area (Å²) in [6.45, 7) is 1.25. The molecule has 3 aromatic carbocycles. The number of carboxylic acids is 1. The lowest BCUT2D eigenvalue weighted by Gasteiger charge is -2.34. The summed E-state index contributed by atoms with van der Waals surface area (Å²) in [6, 6.07) is 25.4. The van der Waals surface area contributed by atoms with E-state index >= 15 is 0 Å². The van der Waals surface area contributed by atoms with Crippen LogP contribution in [0.4, 0.5) is 4.79 Å². The van der Waals surface area contributed by atoms with E-state index < -0.39 is 18.1 Å². The van der Waals surface area contributed by atoms with Crippen LogP contribution >= 0.6 is 0 Å². The molecule has 7 heteroatoms. The third-order valence-corrected chi connectivity index (χ3v) is 7.66. The van der Waals surface area contributed by atoms with Crippen LogP contribution in [-0.4, -0.2) is 53.7 Å². The predicted octanol–water partition coefficient (Wildman–Crippen LogP) is 5.16. The van der Waals surface area contributed by atoms with Crippen LogP contribution in [-0.2, 0) is 14.3 Å². The molecule has 1 saturated heterocycles. The van der Waals surface area contributed by atoms with Crippen LogP contribution in [0, 0.1) is 0 Å². The minimum Gasteiger partial charge on any atom is -0.481 e. The van der Waals surface area contributed by atoms with E-state index in [0.717, 1.165) is 35.1 Å². The average molecular weight is 513 g/mol. The average Bonchev–Trinajstić information content (AvgIpc) is 3.28.